The lowest BCUT2D eigenvalue weighted by Crippen LogP contribution is -2.55. The Morgan fingerprint density at radius 2 is 1.84 bits per heavy atom. The number of halogens is 6. The van der Waals surface area contributed by atoms with E-state index in [0.29, 0.717) is 6.07 Å². The normalized spacial score (nSPS) is 23.3. The summed E-state index contributed by atoms with van der Waals surface area (Å²) in [5.41, 5.74) is -4.48. The zero-order chi connectivity index (χ0) is 23.6. The van der Waals surface area contributed by atoms with E-state index in [9.17, 15) is 36.6 Å². The number of aliphatic hydroxyl groups is 1. The Morgan fingerprint density at radius 3 is 2.50 bits per heavy atom. The highest BCUT2D eigenvalue weighted by atomic mass is 19.4. The minimum absolute atomic E-state index is 0.108. The molecule has 11 heteroatoms. The maximum atomic E-state index is 14.3. The van der Waals surface area contributed by atoms with E-state index in [0.717, 1.165) is 18.3 Å². The number of benzene rings is 2. The Morgan fingerprint density at radius 1 is 1.16 bits per heavy atom. The van der Waals surface area contributed by atoms with Crippen LogP contribution in [0.3, 0.4) is 0 Å². The number of phenols is 1. The summed E-state index contributed by atoms with van der Waals surface area (Å²) >= 11 is 0. The predicted molar refractivity (Wildman–Crippen MR) is 103 cm³/mol. The van der Waals surface area contributed by atoms with E-state index < -0.39 is 58.9 Å². The predicted octanol–water partition coefficient (Wildman–Crippen LogP) is 5.01. The average Bonchev–Trinajstić information content (AvgIpc) is 2.70. The molecule has 0 spiro atoms. The second kappa shape index (κ2) is 7.22. The van der Waals surface area contributed by atoms with Crippen LogP contribution in [0.4, 0.5) is 32.0 Å². The highest BCUT2D eigenvalue weighted by Crippen LogP contribution is 2.54. The van der Waals surface area contributed by atoms with Crippen LogP contribution in [-0.4, -0.2) is 32.0 Å². The van der Waals surface area contributed by atoms with Gasteiger partial charge in [-0.2, -0.15) is 13.2 Å². The number of aryl methyl sites for hydroxylation is 1. The van der Waals surface area contributed by atoms with E-state index in [1.54, 1.807) is 0 Å². The zero-order valence-corrected chi connectivity index (χ0v) is 16.7. The maximum absolute atomic E-state index is 14.3. The SMILES string of the molecule is Cc1ncc2c(NC3c4ccc(F)c(O)c4[C@@H](C)C[C@]3(O)C(F)(F)F)cc(F)c(F)c2n1. The van der Waals surface area contributed by atoms with E-state index in [1.807, 2.05) is 0 Å². The smallest absolute Gasteiger partial charge is 0.419 e. The van der Waals surface area contributed by atoms with Gasteiger partial charge in [-0.05, 0) is 30.9 Å². The molecule has 3 N–H and O–H groups in total. The highest BCUT2D eigenvalue weighted by Gasteiger charge is 2.62. The van der Waals surface area contributed by atoms with Gasteiger partial charge in [0.15, 0.2) is 28.8 Å². The summed E-state index contributed by atoms with van der Waals surface area (Å²) in [6, 6.07) is 0.438. The molecule has 32 heavy (non-hydrogen) atoms. The van der Waals surface area contributed by atoms with Gasteiger partial charge in [0.2, 0.25) is 0 Å². The van der Waals surface area contributed by atoms with Crippen molar-refractivity contribution in [1.29, 1.82) is 0 Å². The van der Waals surface area contributed by atoms with E-state index >= 15 is 0 Å². The number of hydrogen-bond donors (Lipinski definition) is 3. The lowest BCUT2D eigenvalue weighted by Gasteiger charge is -2.45. The van der Waals surface area contributed by atoms with Crippen LogP contribution in [-0.2, 0) is 0 Å². The first-order valence-electron chi connectivity index (χ1n) is 9.53. The minimum atomic E-state index is -5.15. The number of alkyl halides is 3. The summed E-state index contributed by atoms with van der Waals surface area (Å²) in [4.78, 5) is 7.70. The van der Waals surface area contributed by atoms with E-state index in [2.05, 4.69) is 15.3 Å². The first kappa shape index (κ1) is 22.1. The summed E-state index contributed by atoms with van der Waals surface area (Å²) in [5.74, 6) is -5.50. The van der Waals surface area contributed by atoms with Gasteiger partial charge in [0, 0.05) is 28.9 Å². The van der Waals surface area contributed by atoms with Crippen molar-refractivity contribution in [3.05, 3.63) is 58.8 Å². The van der Waals surface area contributed by atoms with Crippen molar-refractivity contribution in [3.8, 4) is 5.75 Å². The van der Waals surface area contributed by atoms with Crippen LogP contribution in [0.25, 0.3) is 10.9 Å². The van der Waals surface area contributed by atoms with Crippen molar-refractivity contribution in [3.63, 3.8) is 0 Å². The molecule has 0 amide bonds. The lowest BCUT2D eigenvalue weighted by atomic mass is 9.70. The highest BCUT2D eigenvalue weighted by molar-refractivity contribution is 5.91. The number of rotatable bonds is 2. The van der Waals surface area contributed by atoms with Crippen LogP contribution >= 0.6 is 0 Å². The second-order valence-corrected chi connectivity index (χ2v) is 7.90. The number of nitrogens with one attached hydrogen (secondary N) is 1. The third-order valence-electron chi connectivity index (χ3n) is 5.78. The molecule has 0 saturated heterocycles. The van der Waals surface area contributed by atoms with Crippen LogP contribution < -0.4 is 5.32 Å². The Labute approximate surface area is 177 Å². The summed E-state index contributed by atoms with van der Waals surface area (Å²) in [6.45, 7) is 2.74. The molecule has 3 aromatic rings. The molecule has 1 aliphatic carbocycles. The minimum Gasteiger partial charge on any atom is -0.505 e. The first-order valence-corrected chi connectivity index (χ1v) is 9.53. The molecular formula is C21H17F6N3O2. The van der Waals surface area contributed by atoms with Crippen molar-refractivity contribution in [2.45, 2.75) is 44.0 Å². The molecule has 1 aromatic heterocycles. The van der Waals surface area contributed by atoms with Gasteiger partial charge in [-0.3, -0.25) is 0 Å². The monoisotopic (exact) mass is 457 g/mol. The lowest BCUT2D eigenvalue weighted by molar-refractivity contribution is -0.272. The molecule has 2 aromatic carbocycles. The van der Waals surface area contributed by atoms with Crippen molar-refractivity contribution >= 4 is 16.6 Å². The van der Waals surface area contributed by atoms with Crippen LogP contribution in [0.2, 0.25) is 0 Å². The first-order chi connectivity index (χ1) is 14.8. The summed E-state index contributed by atoms with van der Waals surface area (Å²) in [5, 5.41) is 23.3. The third kappa shape index (κ3) is 3.22. The molecule has 170 valence electrons. The largest absolute Gasteiger partial charge is 0.505 e. The van der Waals surface area contributed by atoms with Gasteiger partial charge in [-0.25, -0.2) is 23.1 Å². The quantitative estimate of drug-likeness (QED) is 0.472. The molecule has 0 fully saturated rings. The Kier molecular flexibility index (Phi) is 5.00. The van der Waals surface area contributed by atoms with Gasteiger partial charge >= 0.3 is 6.18 Å². The van der Waals surface area contributed by atoms with Crippen LogP contribution in [0.1, 0.15) is 42.3 Å². The fourth-order valence-corrected chi connectivity index (χ4v) is 4.28. The van der Waals surface area contributed by atoms with E-state index in [4.69, 9.17) is 0 Å². The molecule has 1 heterocycles. The van der Waals surface area contributed by atoms with E-state index in [1.165, 1.54) is 13.8 Å². The Hall–Kier alpha value is -3.08. The number of fused-ring (bicyclic) bond motifs is 2. The summed E-state index contributed by atoms with van der Waals surface area (Å²) in [7, 11) is 0. The molecule has 0 saturated carbocycles. The molecule has 1 aliphatic rings. The summed E-state index contributed by atoms with van der Waals surface area (Å²) in [6.07, 6.45) is -4.94. The average molecular weight is 457 g/mol. The number of nitrogens with zero attached hydrogens (tertiary/aromatic N) is 2. The molecule has 0 radical (unpaired) electrons. The fraction of sp³-hybridized carbons (Fsp3) is 0.333. The molecule has 0 bridgehead atoms. The van der Waals surface area contributed by atoms with Crippen LogP contribution in [0.5, 0.6) is 5.75 Å². The molecule has 5 nitrogen and oxygen atoms in total. The fourth-order valence-electron chi connectivity index (χ4n) is 4.28. The van der Waals surface area contributed by atoms with Gasteiger partial charge in [-0.1, -0.05) is 13.0 Å². The molecule has 1 unspecified atom stereocenters. The number of phenolic OH excluding ortho intramolecular Hbond substituents is 1. The van der Waals surface area contributed by atoms with Gasteiger partial charge in [0.25, 0.3) is 0 Å². The molecule has 4 rings (SSSR count). The molecule has 3 atom stereocenters. The molecular weight excluding hydrogens is 440 g/mol. The number of aromatic hydroxyl groups is 1. The van der Waals surface area contributed by atoms with Gasteiger partial charge < -0.3 is 15.5 Å². The maximum Gasteiger partial charge on any atom is 0.419 e. The van der Waals surface area contributed by atoms with Crippen molar-refractivity contribution in [1.82, 2.24) is 9.97 Å². The van der Waals surface area contributed by atoms with Crippen molar-refractivity contribution in [2.24, 2.45) is 0 Å². The molecule has 0 aliphatic heterocycles. The van der Waals surface area contributed by atoms with Gasteiger partial charge in [0.1, 0.15) is 11.3 Å². The van der Waals surface area contributed by atoms with Gasteiger partial charge in [0.05, 0.1) is 6.04 Å². The summed E-state index contributed by atoms with van der Waals surface area (Å²) < 4.78 is 84.6. The standard InChI is InChI=1S/C21H17F6N3O2/c1-8-6-20(32,21(25,26)27)19(10-3-4-12(22)18(31)15(8)10)30-14-5-13(23)16(24)17-11(14)7-28-9(2)29-17/h3-5,7-8,19,30-32H,6H2,1-2H3/t8-,19?,20+/m0/s1. The third-order valence-corrected chi connectivity index (χ3v) is 5.78. The van der Waals surface area contributed by atoms with E-state index in [-0.39, 0.29) is 28.0 Å². The van der Waals surface area contributed by atoms with Crippen LogP contribution in [0.15, 0.2) is 24.4 Å². The Bertz CT molecular complexity index is 1230. The Balaban J connectivity index is 1.96. The number of anilines is 1. The topological polar surface area (TPSA) is 78.3 Å². The zero-order valence-electron chi connectivity index (χ0n) is 16.7. The van der Waals surface area contributed by atoms with Gasteiger partial charge in [-0.15, -0.1) is 0 Å². The second-order valence-electron chi connectivity index (χ2n) is 7.90. The van der Waals surface area contributed by atoms with Crippen LogP contribution in [0, 0.1) is 24.4 Å². The van der Waals surface area contributed by atoms with Crippen molar-refractivity contribution < 1.29 is 36.6 Å². The number of hydrogen-bond acceptors (Lipinski definition) is 5. The van der Waals surface area contributed by atoms with Crippen molar-refractivity contribution in [2.75, 3.05) is 5.32 Å². The number of aromatic nitrogens is 2.